The highest BCUT2D eigenvalue weighted by atomic mass is 16.1. The Morgan fingerprint density at radius 1 is 1.16 bits per heavy atom. The molecule has 98 valence electrons. The summed E-state index contributed by atoms with van der Waals surface area (Å²) in [5.41, 5.74) is 1.85. The highest BCUT2D eigenvalue weighted by Gasteiger charge is 2.11. The lowest BCUT2D eigenvalue weighted by atomic mass is 9.97. The number of rotatable bonds is 5. The number of aromatic nitrogens is 4. The molecule has 0 bridgehead atoms. The van der Waals surface area contributed by atoms with Crippen LogP contribution in [0.3, 0.4) is 0 Å². The minimum Gasteiger partial charge on any atom is -0.299 e. The van der Waals surface area contributed by atoms with Crippen molar-refractivity contribution >= 4 is 5.78 Å². The van der Waals surface area contributed by atoms with E-state index in [-0.39, 0.29) is 11.7 Å². The first-order chi connectivity index (χ1) is 9.20. The zero-order valence-corrected chi connectivity index (χ0v) is 11.1. The molecule has 1 aromatic heterocycles. The second-order valence-electron chi connectivity index (χ2n) is 4.52. The van der Waals surface area contributed by atoms with Gasteiger partial charge in [0.1, 0.15) is 5.78 Å². The van der Waals surface area contributed by atoms with Gasteiger partial charge in [0, 0.05) is 17.9 Å². The Bertz CT molecular complexity index is 539. The smallest absolute Gasteiger partial charge is 0.203 e. The summed E-state index contributed by atoms with van der Waals surface area (Å²) >= 11 is 0. The Labute approximate surface area is 112 Å². The van der Waals surface area contributed by atoms with Crippen LogP contribution in [0.4, 0.5) is 0 Å². The molecule has 5 heteroatoms. The number of ketones is 1. The summed E-state index contributed by atoms with van der Waals surface area (Å²) in [6.07, 6.45) is 2.65. The Kier molecular flexibility index (Phi) is 4.28. The number of benzene rings is 1. The van der Waals surface area contributed by atoms with Crippen LogP contribution in [0.15, 0.2) is 30.6 Å². The van der Waals surface area contributed by atoms with Crippen molar-refractivity contribution in [2.24, 2.45) is 5.92 Å². The first kappa shape index (κ1) is 13.3. The molecule has 0 aliphatic heterocycles. The third-order valence-electron chi connectivity index (χ3n) is 3.16. The van der Waals surface area contributed by atoms with Gasteiger partial charge in [0.2, 0.25) is 5.82 Å². The Morgan fingerprint density at radius 2 is 1.79 bits per heavy atom. The first-order valence-corrected chi connectivity index (χ1v) is 6.33. The van der Waals surface area contributed by atoms with Crippen LogP contribution in [-0.2, 0) is 11.2 Å². The molecule has 0 N–H and O–H groups in total. The molecule has 1 heterocycles. The number of carbonyl (C=O) groups is 1. The molecule has 0 aliphatic rings. The third kappa shape index (κ3) is 3.40. The van der Waals surface area contributed by atoms with Crippen LogP contribution in [0.2, 0.25) is 0 Å². The molecule has 0 aliphatic carbocycles. The first-order valence-electron chi connectivity index (χ1n) is 6.33. The zero-order chi connectivity index (χ0) is 13.7. The number of Topliss-reactive ketones (excluding diaryl/α,β-unsaturated/α-hetero) is 1. The van der Waals surface area contributed by atoms with Crippen LogP contribution in [0.5, 0.6) is 0 Å². The van der Waals surface area contributed by atoms with Crippen molar-refractivity contribution in [3.63, 3.8) is 0 Å². The van der Waals surface area contributed by atoms with Crippen LogP contribution < -0.4 is 0 Å². The summed E-state index contributed by atoms with van der Waals surface area (Å²) in [7, 11) is 0. The van der Waals surface area contributed by atoms with E-state index in [9.17, 15) is 4.79 Å². The monoisotopic (exact) mass is 256 g/mol. The molecule has 19 heavy (non-hydrogen) atoms. The van der Waals surface area contributed by atoms with E-state index in [1.165, 1.54) is 6.33 Å². The van der Waals surface area contributed by atoms with Crippen LogP contribution in [0.25, 0.3) is 11.4 Å². The molecule has 1 aromatic carbocycles. The molecule has 1 unspecified atom stereocenters. The maximum absolute atomic E-state index is 11.9. The lowest BCUT2D eigenvalue weighted by molar-refractivity contribution is -0.121. The maximum Gasteiger partial charge on any atom is 0.203 e. The SMILES string of the molecule is CCC(C)C(=O)Cc1ccc(-c2nncnn2)cc1. The summed E-state index contributed by atoms with van der Waals surface area (Å²) in [6, 6.07) is 7.62. The van der Waals surface area contributed by atoms with Gasteiger partial charge in [-0.1, -0.05) is 38.1 Å². The van der Waals surface area contributed by atoms with Crippen LogP contribution >= 0.6 is 0 Å². The van der Waals surface area contributed by atoms with Crippen molar-refractivity contribution in [3.8, 4) is 11.4 Å². The molecule has 0 amide bonds. The molecule has 0 fully saturated rings. The van der Waals surface area contributed by atoms with Crippen molar-refractivity contribution in [1.82, 2.24) is 20.4 Å². The predicted octanol–water partition coefficient (Wildman–Crippen LogP) is 2.09. The predicted molar refractivity (Wildman–Crippen MR) is 71.2 cm³/mol. The molecule has 0 saturated heterocycles. The quantitative estimate of drug-likeness (QED) is 0.819. The topological polar surface area (TPSA) is 68.6 Å². The van der Waals surface area contributed by atoms with Crippen LogP contribution in [-0.4, -0.2) is 26.2 Å². The standard InChI is InChI=1S/C14H16N4O/c1-3-10(2)13(19)8-11-4-6-12(7-5-11)14-17-15-9-16-18-14/h4-7,9-10H,3,8H2,1-2H3. The Morgan fingerprint density at radius 3 is 2.37 bits per heavy atom. The van der Waals surface area contributed by atoms with E-state index in [2.05, 4.69) is 20.4 Å². The fourth-order valence-electron chi connectivity index (χ4n) is 1.69. The van der Waals surface area contributed by atoms with Gasteiger partial charge in [-0.3, -0.25) is 4.79 Å². The average Bonchev–Trinajstić information content (AvgIpc) is 2.48. The van der Waals surface area contributed by atoms with Gasteiger partial charge in [0.05, 0.1) is 0 Å². The molecule has 0 saturated carbocycles. The molecular formula is C14H16N4O. The van der Waals surface area contributed by atoms with Crippen LogP contribution in [0.1, 0.15) is 25.8 Å². The van der Waals surface area contributed by atoms with Gasteiger partial charge in [0.15, 0.2) is 6.33 Å². The van der Waals surface area contributed by atoms with Gasteiger partial charge < -0.3 is 0 Å². The normalized spacial score (nSPS) is 12.1. The average molecular weight is 256 g/mol. The third-order valence-corrected chi connectivity index (χ3v) is 3.16. The van der Waals surface area contributed by atoms with Gasteiger partial charge in [0.25, 0.3) is 0 Å². The lowest BCUT2D eigenvalue weighted by Crippen LogP contribution is -2.12. The van der Waals surface area contributed by atoms with Gasteiger partial charge in [-0.05, 0) is 12.0 Å². The fraction of sp³-hybridized carbons (Fsp3) is 0.357. The molecule has 1 atom stereocenters. The molecule has 5 nitrogen and oxygen atoms in total. The van der Waals surface area contributed by atoms with E-state index >= 15 is 0 Å². The maximum atomic E-state index is 11.9. The van der Waals surface area contributed by atoms with Gasteiger partial charge >= 0.3 is 0 Å². The minimum absolute atomic E-state index is 0.116. The van der Waals surface area contributed by atoms with Gasteiger partial charge in [-0.25, -0.2) is 0 Å². The number of nitrogens with zero attached hydrogens (tertiary/aromatic N) is 4. The van der Waals surface area contributed by atoms with E-state index in [4.69, 9.17) is 0 Å². The zero-order valence-electron chi connectivity index (χ0n) is 11.1. The Hall–Kier alpha value is -2.17. The molecule has 2 aromatic rings. The molecule has 0 radical (unpaired) electrons. The van der Waals surface area contributed by atoms with E-state index < -0.39 is 0 Å². The highest BCUT2D eigenvalue weighted by Crippen LogP contribution is 2.15. The summed E-state index contributed by atoms with van der Waals surface area (Å²) in [4.78, 5) is 11.9. The second kappa shape index (κ2) is 6.13. The van der Waals surface area contributed by atoms with E-state index in [0.29, 0.717) is 12.2 Å². The summed E-state index contributed by atoms with van der Waals surface area (Å²) < 4.78 is 0. The minimum atomic E-state index is 0.116. The Balaban J connectivity index is 2.09. The van der Waals surface area contributed by atoms with Crippen molar-refractivity contribution in [2.75, 3.05) is 0 Å². The summed E-state index contributed by atoms with van der Waals surface area (Å²) in [5, 5.41) is 15.2. The van der Waals surface area contributed by atoms with Crippen molar-refractivity contribution in [1.29, 1.82) is 0 Å². The highest BCUT2D eigenvalue weighted by molar-refractivity contribution is 5.83. The van der Waals surface area contributed by atoms with Crippen molar-refractivity contribution in [3.05, 3.63) is 36.2 Å². The number of hydrogen-bond acceptors (Lipinski definition) is 5. The van der Waals surface area contributed by atoms with E-state index in [1.54, 1.807) is 0 Å². The van der Waals surface area contributed by atoms with Gasteiger partial charge in [-0.2, -0.15) is 0 Å². The van der Waals surface area contributed by atoms with Gasteiger partial charge in [-0.15, -0.1) is 20.4 Å². The van der Waals surface area contributed by atoms with Crippen LogP contribution in [0, 0.1) is 5.92 Å². The lowest BCUT2D eigenvalue weighted by Gasteiger charge is -2.07. The molecule has 0 spiro atoms. The summed E-state index contributed by atoms with van der Waals surface area (Å²) in [5.74, 6) is 0.877. The fourth-order valence-corrected chi connectivity index (χ4v) is 1.69. The molecular weight excluding hydrogens is 240 g/mol. The van der Waals surface area contributed by atoms with E-state index in [1.807, 2.05) is 38.1 Å². The second-order valence-corrected chi connectivity index (χ2v) is 4.52. The molecule has 2 rings (SSSR count). The van der Waals surface area contributed by atoms with E-state index in [0.717, 1.165) is 17.5 Å². The number of hydrogen-bond donors (Lipinski definition) is 0. The summed E-state index contributed by atoms with van der Waals surface area (Å²) in [6.45, 7) is 3.99. The number of carbonyl (C=O) groups excluding carboxylic acids is 1. The van der Waals surface area contributed by atoms with Crippen molar-refractivity contribution < 1.29 is 4.79 Å². The largest absolute Gasteiger partial charge is 0.299 e. The van der Waals surface area contributed by atoms with Crippen molar-refractivity contribution in [2.45, 2.75) is 26.7 Å².